The van der Waals surface area contributed by atoms with E-state index in [0.717, 1.165) is 11.5 Å². The van der Waals surface area contributed by atoms with E-state index in [9.17, 15) is 0 Å². The summed E-state index contributed by atoms with van der Waals surface area (Å²) >= 11 is 0. The largest absolute Gasteiger partial charge is 0.317 e. The fourth-order valence-corrected chi connectivity index (χ4v) is 1.23. The third-order valence-electron chi connectivity index (χ3n) is 1.65. The Morgan fingerprint density at radius 1 is 1.50 bits per heavy atom. The molecule has 0 N–H and O–H groups in total. The van der Waals surface area contributed by atoms with Crippen molar-refractivity contribution < 1.29 is 0 Å². The van der Waals surface area contributed by atoms with Gasteiger partial charge in [0.1, 0.15) is 0 Å². The lowest BCUT2D eigenvalue weighted by molar-refractivity contribution is 0.702. The second-order valence-corrected chi connectivity index (χ2v) is 2.92. The lowest BCUT2D eigenvalue weighted by Crippen LogP contribution is -2.26. The maximum Gasteiger partial charge on any atom is 0.151 e. The van der Waals surface area contributed by atoms with Crippen LogP contribution in [0.5, 0.6) is 0 Å². The summed E-state index contributed by atoms with van der Waals surface area (Å²) in [6.07, 6.45) is 5.85. The molecule has 66 valence electrons. The van der Waals surface area contributed by atoms with Crippen molar-refractivity contribution in [3.8, 4) is 0 Å². The van der Waals surface area contributed by atoms with Crippen molar-refractivity contribution in [3.05, 3.63) is 23.8 Å². The molecule has 1 aromatic heterocycles. The molecule has 0 saturated carbocycles. The molecule has 0 saturated heterocycles. The van der Waals surface area contributed by atoms with E-state index in [2.05, 4.69) is 9.66 Å². The first-order chi connectivity index (χ1) is 5.66. The van der Waals surface area contributed by atoms with Crippen molar-refractivity contribution in [1.82, 2.24) is 9.66 Å². The normalized spacial score (nSPS) is 11.0. The van der Waals surface area contributed by atoms with Gasteiger partial charge in [-0.15, -0.1) is 0 Å². The van der Waals surface area contributed by atoms with Gasteiger partial charge in [0.15, 0.2) is 5.82 Å². The van der Waals surface area contributed by atoms with Crippen molar-refractivity contribution in [2.75, 3.05) is 19.1 Å². The van der Waals surface area contributed by atoms with Gasteiger partial charge in [0.25, 0.3) is 0 Å². The van der Waals surface area contributed by atoms with Gasteiger partial charge in [-0.05, 0) is 19.9 Å². The van der Waals surface area contributed by atoms with E-state index < -0.39 is 0 Å². The fraction of sp³-hybridized carbons (Fsp3) is 0.444. The van der Waals surface area contributed by atoms with Crippen LogP contribution in [0.4, 0.5) is 0 Å². The smallest absolute Gasteiger partial charge is 0.151 e. The maximum atomic E-state index is 4.26. The first-order valence-electron chi connectivity index (χ1n) is 4.01. The molecule has 3 heteroatoms. The van der Waals surface area contributed by atoms with Crippen LogP contribution in [0, 0.1) is 6.92 Å². The molecule has 12 heavy (non-hydrogen) atoms. The van der Waals surface area contributed by atoms with E-state index in [1.54, 1.807) is 0 Å². The zero-order valence-electron chi connectivity index (χ0n) is 8.07. The minimum Gasteiger partial charge on any atom is -0.317 e. The van der Waals surface area contributed by atoms with Gasteiger partial charge < -0.3 is 5.01 Å². The Balaban J connectivity index is 3.12. The van der Waals surface area contributed by atoms with Crippen LogP contribution in [0.3, 0.4) is 0 Å². The highest BCUT2D eigenvalue weighted by Crippen LogP contribution is 2.04. The summed E-state index contributed by atoms with van der Waals surface area (Å²) in [6.45, 7) is 4.03. The number of hydrogen-bond donors (Lipinski definition) is 0. The van der Waals surface area contributed by atoms with Gasteiger partial charge in [-0.3, -0.25) is 0 Å². The van der Waals surface area contributed by atoms with Crippen molar-refractivity contribution >= 4 is 6.08 Å². The predicted octanol–water partition coefficient (Wildman–Crippen LogP) is 1.42. The number of rotatable bonds is 2. The summed E-state index contributed by atoms with van der Waals surface area (Å²) < 4.78 is 2.06. The molecular weight excluding hydrogens is 150 g/mol. The van der Waals surface area contributed by atoms with E-state index in [4.69, 9.17) is 0 Å². The van der Waals surface area contributed by atoms with Gasteiger partial charge >= 0.3 is 0 Å². The maximum absolute atomic E-state index is 4.26. The molecule has 0 fully saturated rings. The number of aromatic nitrogens is 2. The van der Waals surface area contributed by atoms with Crippen molar-refractivity contribution in [3.63, 3.8) is 0 Å². The molecule has 0 radical (unpaired) electrons. The Morgan fingerprint density at radius 3 is 2.67 bits per heavy atom. The van der Waals surface area contributed by atoms with E-state index in [0.29, 0.717) is 0 Å². The molecule has 3 nitrogen and oxygen atoms in total. The molecule has 0 aliphatic heterocycles. The molecule has 0 aliphatic rings. The minimum atomic E-state index is 0.972. The summed E-state index contributed by atoms with van der Waals surface area (Å²) in [7, 11) is 4.00. The molecule has 1 rings (SSSR count). The molecule has 0 amide bonds. The topological polar surface area (TPSA) is 21.1 Å². The van der Waals surface area contributed by atoms with Crippen molar-refractivity contribution in [2.45, 2.75) is 13.8 Å². The number of allylic oxidation sites excluding steroid dienone is 1. The second-order valence-electron chi connectivity index (χ2n) is 2.92. The van der Waals surface area contributed by atoms with E-state index in [1.165, 1.54) is 0 Å². The lowest BCUT2D eigenvalue weighted by atomic mass is 10.5. The van der Waals surface area contributed by atoms with Crippen LogP contribution in [0.25, 0.3) is 6.08 Å². The van der Waals surface area contributed by atoms with Gasteiger partial charge in [0, 0.05) is 14.1 Å². The van der Waals surface area contributed by atoms with E-state index >= 15 is 0 Å². The molecule has 1 heterocycles. The zero-order chi connectivity index (χ0) is 9.14. The summed E-state index contributed by atoms with van der Waals surface area (Å²) in [5.74, 6) is 0.972. The van der Waals surface area contributed by atoms with Crippen molar-refractivity contribution in [2.24, 2.45) is 0 Å². The Morgan fingerprint density at radius 2 is 2.17 bits per heavy atom. The summed E-state index contributed by atoms with van der Waals surface area (Å²) in [6, 6.07) is 0. The van der Waals surface area contributed by atoms with Crippen LogP contribution in [-0.4, -0.2) is 23.8 Å². The minimum absolute atomic E-state index is 0.972. The average molecular weight is 165 g/mol. The molecule has 0 atom stereocenters. The highest BCUT2D eigenvalue weighted by atomic mass is 15.5. The van der Waals surface area contributed by atoms with E-state index in [-0.39, 0.29) is 0 Å². The first kappa shape index (κ1) is 8.84. The Hall–Kier alpha value is -1.25. The molecule has 0 aromatic carbocycles. The predicted molar refractivity (Wildman–Crippen MR) is 51.7 cm³/mol. The second kappa shape index (κ2) is 3.43. The summed E-state index contributed by atoms with van der Waals surface area (Å²) in [5.41, 5.74) is 1.15. The summed E-state index contributed by atoms with van der Waals surface area (Å²) in [5, 5.41) is 2.01. The Bertz CT molecular complexity index is 284. The van der Waals surface area contributed by atoms with Crippen LogP contribution >= 0.6 is 0 Å². The van der Waals surface area contributed by atoms with Crippen LogP contribution in [0.15, 0.2) is 12.3 Å². The lowest BCUT2D eigenvalue weighted by Gasteiger charge is -2.17. The average Bonchev–Trinajstić information content (AvgIpc) is 2.32. The molecule has 1 aromatic rings. The molecule has 0 unspecified atom stereocenters. The number of hydrogen-bond acceptors (Lipinski definition) is 2. The van der Waals surface area contributed by atoms with Gasteiger partial charge in [-0.25, -0.2) is 9.66 Å². The van der Waals surface area contributed by atoms with Crippen LogP contribution in [0.1, 0.15) is 18.4 Å². The van der Waals surface area contributed by atoms with Gasteiger partial charge in [0.2, 0.25) is 0 Å². The Labute approximate surface area is 73.3 Å². The monoisotopic (exact) mass is 165 g/mol. The first-order valence-corrected chi connectivity index (χ1v) is 4.01. The van der Waals surface area contributed by atoms with Crippen LogP contribution in [0.2, 0.25) is 0 Å². The van der Waals surface area contributed by atoms with Gasteiger partial charge in [0.05, 0.1) is 11.9 Å². The number of nitrogens with zero attached hydrogens (tertiary/aromatic N) is 3. The highest BCUT2D eigenvalue weighted by molar-refractivity contribution is 5.41. The molecule has 0 spiro atoms. The third kappa shape index (κ3) is 1.49. The van der Waals surface area contributed by atoms with E-state index in [1.807, 2.05) is 51.3 Å². The van der Waals surface area contributed by atoms with Gasteiger partial charge in [-0.1, -0.05) is 6.08 Å². The summed E-state index contributed by atoms with van der Waals surface area (Å²) in [4.78, 5) is 4.26. The van der Waals surface area contributed by atoms with Crippen molar-refractivity contribution in [1.29, 1.82) is 0 Å². The molecule has 0 bridgehead atoms. The van der Waals surface area contributed by atoms with Crippen LogP contribution in [-0.2, 0) is 0 Å². The fourth-order valence-electron chi connectivity index (χ4n) is 1.23. The number of aryl methyl sites for hydroxylation is 1. The highest BCUT2D eigenvalue weighted by Gasteiger charge is 2.03. The Kier molecular flexibility index (Phi) is 2.53. The quantitative estimate of drug-likeness (QED) is 0.661. The standard InChI is InChI=1S/C9H15N3/c1-5-6-9-10-7-8(2)12(9)11(3)4/h5-7H,1-4H3/b6-5-. The van der Waals surface area contributed by atoms with Gasteiger partial charge in [-0.2, -0.15) is 0 Å². The SMILES string of the molecule is C/C=C\c1ncc(C)n1N(C)C. The van der Waals surface area contributed by atoms with Crippen LogP contribution < -0.4 is 5.01 Å². The zero-order valence-corrected chi connectivity index (χ0v) is 8.07. The third-order valence-corrected chi connectivity index (χ3v) is 1.65. The number of imidazole rings is 1. The molecular formula is C9H15N3. The molecule has 0 aliphatic carbocycles.